The number of aromatic carboxylic acids is 1. The van der Waals surface area contributed by atoms with Crippen molar-refractivity contribution in [1.29, 1.82) is 0 Å². The van der Waals surface area contributed by atoms with Crippen molar-refractivity contribution < 1.29 is 23.4 Å². The molecule has 0 bridgehead atoms. The lowest BCUT2D eigenvalue weighted by atomic mass is 10.0. The molecule has 0 radical (unpaired) electrons. The Bertz CT molecular complexity index is 1000. The molecule has 6 heteroatoms. The molecule has 1 aliphatic rings. The van der Waals surface area contributed by atoms with Crippen LogP contribution in [0.5, 0.6) is 5.75 Å². The van der Waals surface area contributed by atoms with Gasteiger partial charge in [0.25, 0.3) is 0 Å². The minimum absolute atomic E-state index is 0.0424. The SMILES string of the molecule is CC(C)Oc1cc2c(C(=O)O)c(-c3ccc(F)cc3)oc2cc1N1CCC1. The standard InChI is InChI=1S/C21H20FNO4/c1-12(2)26-18-10-15-17(11-16(18)23-8-3-9-23)27-20(19(15)21(24)25)13-4-6-14(22)7-5-13/h4-7,10-12H,3,8-9H2,1-2H3,(H,24,25). The highest BCUT2D eigenvalue weighted by Crippen LogP contribution is 2.41. The first-order chi connectivity index (χ1) is 12.9. The van der Waals surface area contributed by atoms with Crippen LogP contribution in [0.25, 0.3) is 22.3 Å². The Labute approximate surface area is 156 Å². The number of hydrogen-bond acceptors (Lipinski definition) is 4. The van der Waals surface area contributed by atoms with Gasteiger partial charge in [0.1, 0.15) is 28.5 Å². The fourth-order valence-electron chi connectivity index (χ4n) is 3.28. The van der Waals surface area contributed by atoms with Gasteiger partial charge in [0.05, 0.1) is 11.8 Å². The molecular formula is C21H20FNO4. The fourth-order valence-corrected chi connectivity index (χ4v) is 3.28. The number of hydrogen-bond donors (Lipinski definition) is 1. The first-order valence-electron chi connectivity index (χ1n) is 8.95. The maximum Gasteiger partial charge on any atom is 0.340 e. The normalized spacial score (nSPS) is 13.9. The van der Waals surface area contributed by atoms with E-state index in [1.807, 2.05) is 19.9 Å². The number of furan rings is 1. The minimum Gasteiger partial charge on any atom is -0.489 e. The number of benzene rings is 2. The molecule has 1 aromatic heterocycles. The lowest BCUT2D eigenvalue weighted by Gasteiger charge is -2.34. The van der Waals surface area contributed by atoms with Crippen LogP contribution in [0.15, 0.2) is 40.8 Å². The predicted molar refractivity (Wildman–Crippen MR) is 101 cm³/mol. The highest BCUT2D eigenvalue weighted by atomic mass is 19.1. The minimum atomic E-state index is -1.10. The number of fused-ring (bicyclic) bond motifs is 1. The van der Waals surface area contributed by atoms with Gasteiger partial charge in [-0.2, -0.15) is 0 Å². The number of carboxylic acid groups (broad SMARTS) is 1. The van der Waals surface area contributed by atoms with E-state index in [1.165, 1.54) is 24.3 Å². The summed E-state index contributed by atoms with van der Waals surface area (Å²) in [6.07, 6.45) is 1.07. The average molecular weight is 369 g/mol. The Morgan fingerprint density at radius 2 is 1.93 bits per heavy atom. The van der Waals surface area contributed by atoms with Crippen molar-refractivity contribution in [2.75, 3.05) is 18.0 Å². The Balaban J connectivity index is 1.93. The van der Waals surface area contributed by atoms with Gasteiger partial charge < -0.3 is 19.2 Å². The third-order valence-corrected chi connectivity index (χ3v) is 4.65. The largest absolute Gasteiger partial charge is 0.489 e. The molecule has 0 spiro atoms. The van der Waals surface area contributed by atoms with Crippen molar-refractivity contribution in [3.05, 3.63) is 47.8 Å². The van der Waals surface area contributed by atoms with E-state index in [0.29, 0.717) is 22.3 Å². The third-order valence-electron chi connectivity index (χ3n) is 4.65. The van der Waals surface area contributed by atoms with Gasteiger partial charge in [-0.25, -0.2) is 9.18 Å². The summed E-state index contributed by atoms with van der Waals surface area (Å²) >= 11 is 0. The van der Waals surface area contributed by atoms with Crippen molar-refractivity contribution >= 4 is 22.6 Å². The summed E-state index contributed by atoms with van der Waals surface area (Å²) in [5.41, 5.74) is 1.95. The molecule has 0 unspecified atom stereocenters. The van der Waals surface area contributed by atoms with Crippen molar-refractivity contribution in [2.24, 2.45) is 0 Å². The average Bonchev–Trinajstić information content (AvgIpc) is 2.92. The van der Waals surface area contributed by atoms with E-state index >= 15 is 0 Å². The van der Waals surface area contributed by atoms with Crippen LogP contribution in [0.1, 0.15) is 30.6 Å². The molecule has 1 saturated heterocycles. The van der Waals surface area contributed by atoms with Gasteiger partial charge in [0.2, 0.25) is 0 Å². The van der Waals surface area contributed by atoms with Crippen molar-refractivity contribution in [3.8, 4) is 17.1 Å². The van der Waals surface area contributed by atoms with Gasteiger partial charge in [0.15, 0.2) is 0 Å². The molecule has 0 saturated carbocycles. The zero-order valence-electron chi connectivity index (χ0n) is 15.2. The Kier molecular flexibility index (Phi) is 4.26. The fraction of sp³-hybridized carbons (Fsp3) is 0.286. The molecule has 0 amide bonds. The molecule has 3 aromatic rings. The first-order valence-corrected chi connectivity index (χ1v) is 8.95. The van der Waals surface area contributed by atoms with Crippen LogP contribution in [0.3, 0.4) is 0 Å². The van der Waals surface area contributed by atoms with E-state index in [2.05, 4.69) is 4.90 Å². The van der Waals surface area contributed by atoms with Crippen LogP contribution < -0.4 is 9.64 Å². The molecule has 1 aliphatic heterocycles. The van der Waals surface area contributed by atoms with E-state index in [-0.39, 0.29) is 23.2 Å². The second kappa shape index (κ2) is 6.61. The number of ether oxygens (including phenoxy) is 1. The molecule has 5 nitrogen and oxygen atoms in total. The molecule has 1 fully saturated rings. The summed E-state index contributed by atoms with van der Waals surface area (Å²) in [5, 5.41) is 10.3. The number of rotatable bonds is 5. The van der Waals surface area contributed by atoms with Crippen LogP contribution >= 0.6 is 0 Å². The number of anilines is 1. The van der Waals surface area contributed by atoms with Crippen molar-refractivity contribution in [3.63, 3.8) is 0 Å². The maximum atomic E-state index is 13.3. The van der Waals surface area contributed by atoms with Crippen LogP contribution in [-0.2, 0) is 0 Å². The van der Waals surface area contributed by atoms with Gasteiger partial charge in [-0.15, -0.1) is 0 Å². The van der Waals surface area contributed by atoms with Gasteiger partial charge >= 0.3 is 5.97 Å². The number of carboxylic acids is 1. The lowest BCUT2D eigenvalue weighted by molar-refractivity contribution is 0.0699. The number of halogens is 1. The quantitative estimate of drug-likeness (QED) is 0.691. The monoisotopic (exact) mass is 369 g/mol. The summed E-state index contributed by atoms with van der Waals surface area (Å²) in [4.78, 5) is 14.1. The molecule has 0 aliphatic carbocycles. The molecular weight excluding hydrogens is 349 g/mol. The topological polar surface area (TPSA) is 62.9 Å². The Morgan fingerprint density at radius 1 is 1.22 bits per heavy atom. The molecule has 2 aromatic carbocycles. The molecule has 4 rings (SSSR count). The molecule has 1 N–H and O–H groups in total. The second-order valence-electron chi connectivity index (χ2n) is 6.94. The van der Waals surface area contributed by atoms with Gasteiger partial charge in [-0.1, -0.05) is 0 Å². The smallest absolute Gasteiger partial charge is 0.340 e. The first kappa shape index (κ1) is 17.4. The molecule has 140 valence electrons. The summed E-state index contributed by atoms with van der Waals surface area (Å²) < 4.78 is 25.1. The summed E-state index contributed by atoms with van der Waals surface area (Å²) in [6.45, 7) is 5.72. The van der Waals surface area contributed by atoms with Crippen LogP contribution in [0.2, 0.25) is 0 Å². The Morgan fingerprint density at radius 3 is 2.48 bits per heavy atom. The van der Waals surface area contributed by atoms with E-state index in [0.717, 1.165) is 25.2 Å². The van der Waals surface area contributed by atoms with Gasteiger partial charge in [-0.3, -0.25) is 0 Å². The summed E-state index contributed by atoms with van der Waals surface area (Å²) in [6, 6.07) is 9.18. The third kappa shape index (κ3) is 3.12. The van der Waals surface area contributed by atoms with E-state index in [4.69, 9.17) is 9.15 Å². The van der Waals surface area contributed by atoms with Crippen molar-refractivity contribution in [1.82, 2.24) is 0 Å². The summed E-state index contributed by atoms with van der Waals surface area (Å²) in [7, 11) is 0. The highest BCUT2D eigenvalue weighted by molar-refractivity contribution is 6.09. The van der Waals surface area contributed by atoms with Crippen molar-refractivity contribution in [2.45, 2.75) is 26.4 Å². The second-order valence-corrected chi connectivity index (χ2v) is 6.94. The maximum absolute atomic E-state index is 13.3. The predicted octanol–water partition coefficient (Wildman–Crippen LogP) is 4.93. The van der Waals surface area contributed by atoms with Gasteiger partial charge in [-0.05, 0) is 50.6 Å². The Hall–Kier alpha value is -3.02. The molecule has 27 heavy (non-hydrogen) atoms. The van der Waals surface area contributed by atoms with Crippen LogP contribution in [0.4, 0.5) is 10.1 Å². The summed E-state index contributed by atoms with van der Waals surface area (Å²) in [5.74, 6) is -0.625. The number of nitrogens with zero attached hydrogens (tertiary/aromatic N) is 1. The molecule has 0 atom stereocenters. The van der Waals surface area contributed by atoms with Gasteiger partial charge in [0, 0.05) is 30.1 Å². The highest BCUT2D eigenvalue weighted by Gasteiger charge is 2.26. The van der Waals surface area contributed by atoms with Crippen LogP contribution in [0, 0.1) is 5.82 Å². The number of carbonyl (C=O) groups is 1. The zero-order valence-corrected chi connectivity index (χ0v) is 15.2. The zero-order chi connectivity index (χ0) is 19.1. The van der Waals surface area contributed by atoms with E-state index in [9.17, 15) is 14.3 Å². The lowest BCUT2D eigenvalue weighted by Crippen LogP contribution is -2.37. The van der Waals surface area contributed by atoms with E-state index in [1.54, 1.807) is 6.07 Å². The molecule has 2 heterocycles. The van der Waals surface area contributed by atoms with Crippen LogP contribution in [-0.4, -0.2) is 30.3 Å². The van der Waals surface area contributed by atoms with E-state index < -0.39 is 5.97 Å².